The van der Waals surface area contributed by atoms with Crippen LogP contribution in [0.15, 0.2) is 53.4 Å². The van der Waals surface area contributed by atoms with Gasteiger partial charge in [-0.15, -0.1) is 0 Å². The molecule has 0 spiro atoms. The molecule has 2 aromatic rings. The Labute approximate surface area is 156 Å². The van der Waals surface area contributed by atoms with Crippen LogP contribution in [0.4, 0.5) is 0 Å². The summed E-state index contributed by atoms with van der Waals surface area (Å²) in [7, 11) is -4.09. The van der Waals surface area contributed by atoms with Crippen molar-refractivity contribution in [2.24, 2.45) is 5.14 Å². The number of ether oxygens (including phenoxy) is 1. The summed E-state index contributed by atoms with van der Waals surface area (Å²) in [6, 6.07) is 12.8. The first-order valence-corrected chi connectivity index (χ1v) is 9.46. The second kappa shape index (κ2) is 8.31. The number of nitrogens with one attached hydrogen (secondary N) is 1. The maximum absolute atomic E-state index is 12.1. The van der Waals surface area contributed by atoms with Crippen molar-refractivity contribution in [2.45, 2.75) is 24.5 Å². The minimum Gasteiger partial charge on any atom is -0.449 e. The second-order valence-corrected chi connectivity index (χ2v) is 7.38. The molecular formula is C17H17ClN2O5S. The van der Waals surface area contributed by atoms with Gasteiger partial charge in [-0.3, -0.25) is 4.79 Å². The fraction of sp³-hybridized carbons (Fsp3) is 0.176. The van der Waals surface area contributed by atoms with E-state index in [-0.39, 0.29) is 17.1 Å². The Bertz CT molecular complexity index is 916. The molecule has 0 heterocycles. The fourth-order valence-corrected chi connectivity index (χ4v) is 3.13. The van der Waals surface area contributed by atoms with Gasteiger partial charge in [-0.25, -0.2) is 18.4 Å². The van der Waals surface area contributed by atoms with E-state index in [1.807, 2.05) is 30.3 Å². The van der Waals surface area contributed by atoms with E-state index in [1.165, 1.54) is 19.1 Å². The normalized spacial score (nSPS) is 12.3. The molecule has 7 nitrogen and oxygen atoms in total. The van der Waals surface area contributed by atoms with E-state index in [0.717, 1.165) is 11.6 Å². The van der Waals surface area contributed by atoms with Gasteiger partial charge >= 0.3 is 5.97 Å². The van der Waals surface area contributed by atoms with Crippen molar-refractivity contribution in [1.82, 2.24) is 5.32 Å². The highest BCUT2D eigenvalue weighted by atomic mass is 35.5. The number of carbonyl (C=O) groups is 2. The van der Waals surface area contributed by atoms with Crippen molar-refractivity contribution < 1.29 is 22.7 Å². The molecule has 0 saturated carbocycles. The van der Waals surface area contributed by atoms with E-state index in [9.17, 15) is 18.0 Å². The molecule has 1 amide bonds. The Morgan fingerprint density at radius 2 is 1.85 bits per heavy atom. The maximum atomic E-state index is 12.1. The first-order chi connectivity index (χ1) is 12.2. The minimum absolute atomic E-state index is 0.0823. The summed E-state index contributed by atoms with van der Waals surface area (Å²) in [4.78, 5) is 23.8. The van der Waals surface area contributed by atoms with E-state index in [1.54, 1.807) is 0 Å². The van der Waals surface area contributed by atoms with E-state index >= 15 is 0 Å². The lowest BCUT2D eigenvalue weighted by Crippen LogP contribution is -2.35. The zero-order valence-electron chi connectivity index (χ0n) is 13.8. The van der Waals surface area contributed by atoms with Crippen LogP contribution in [0.3, 0.4) is 0 Å². The van der Waals surface area contributed by atoms with Crippen LogP contribution in [0, 0.1) is 0 Å². The molecule has 0 unspecified atom stereocenters. The molecule has 0 bridgehead atoms. The monoisotopic (exact) mass is 396 g/mol. The van der Waals surface area contributed by atoms with Gasteiger partial charge < -0.3 is 10.1 Å². The van der Waals surface area contributed by atoms with Gasteiger partial charge in [0.15, 0.2) is 6.10 Å². The molecule has 138 valence electrons. The molecule has 9 heteroatoms. The number of rotatable bonds is 6. The summed E-state index contributed by atoms with van der Waals surface area (Å²) in [5.74, 6) is -1.35. The molecule has 0 fully saturated rings. The van der Waals surface area contributed by atoms with Gasteiger partial charge in [0.2, 0.25) is 10.0 Å². The Balaban J connectivity index is 2.01. The standard InChI is InChI=1S/C17H17ClN2O5S/c1-11(16(21)20-10-12-5-3-2-4-6-12)25-17(22)13-7-8-14(18)15(9-13)26(19,23)24/h2-9,11H,10H2,1H3,(H,20,21)(H2,19,23,24)/t11-/m0/s1. The molecule has 0 aliphatic rings. The number of sulfonamides is 1. The van der Waals surface area contributed by atoms with Gasteiger partial charge in [-0.2, -0.15) is 0 Å². The minimum atomic E-state index is -4.09. The number of amides is 1. The summed E-state index contributed by atoms with van der Waals surface area (Å²) >= 11 is 5.77. The summed E-state index contributed by atoms with van der Waals surface area (Å²) in [6.45, 7) is 1.70. The van der Waals surface area contributed by atoms with Crippen molar-refractivity contribution in [3.05, 3.63) is 64.7 Å². The van der Waals surface area contributed by atoms with Crippen molar-refractivity contribution in [3.8, 4) is 0 Å². The van der Waals surface area contributed by atoms with E-state index < -0.39 is 32.9 Å². The largest absolute Gasteiger partial charge is 0.449 e. The summed E-state index contributed by atoms with van der Waals surface area (Å²) in [5, 5.41) is 7.58. The van der Waals surface area contributed by atoms with E-state index in [2.05, 4.69) is 5.32 Å². The lowest BCUT2D eigenvalue weighted by Gasteiger charge is -2.14. The molecule has 2 aromatic carbocycles. The number of hydrogen-bond acceptors (Lipinski definition) is 5. The topological polar surface area (TPSA) is 116 Å². The first-order valence-electron chi connectivity index (χ1n) is 7.53. The molecule has 0 aromatic heterocycles. The third kappa shape index (κ3) is 5.29. The number of nitrogens with two attached hydrogens (primary N) is 1. The highest BCUT2D eigenvalue weighted by Gasteiger charge is 2.21. The number of benzene rings is 2. The van der Waals surface area contributed by atoms with E-state index in [4.69, 9.17) is 21.5 Å². The van der Waals surface area contributed by atoms with Gasteiger partial charge in [-0.1, -0.05) is 41.9 Å². The number of primary sulfonamides is 1. The summed E-state index contributed by atoms with van der Waals surface area (Å²) < 4.78 is 28.0. The predicted molar refractivity (Wildman–Crippen MR) is 96.0 cm³/mol. The van der Waals surface area contributed by atoms with Crippen LogP contribution >= 0.6 is 11.6 Å². The van der Waals surface area contributed by atoms with Crippen molar-refractivity contribution in [1.29, 1.82) is 0 Å². The average Bonchev–Trinajstić information content (AvgIpc) is 2.59. The Morgan fingerprint density at radius 1 is 1.19 bits per heavy atom. The average molecular weight is 397 g/mol. The van der Waals surface area contributed by atoms with Crippen LogP contribution in [0.5, 0.6) is 0 Å². The number of esters is 1. The molecule has 3 N–H and O–H groups in total. The van der Waals surface area contributed by atoms with Gasteiger partial charge in [0, 0.05) is 6.54 Å². The quantitative estimate of drug-likeness (QED) is 0.723. The first kappa shape index (κ1) is 19.9. The molecule has 0 saturated heterocycles. The van der Waals surface area contributed by atoms with Crippen LogP contribution in [-0.2, 0) is 26.1 Å². The lowest BCUT2D eigenvalue weighted by atomic mass is 10.2. The summed E-state index contributed by atoms with van der Waals surface area (Å²) in [6.07, 6.45) is -1.07. The van der Waals surface area contributed by atoms with Crippen LogP contribution in [0.25, 0.3) is 0 Å². The van der Waals surface area contributed by atoms with Gasteiger partial charge in [0.25, 0.3) is 5.91 Å². The lowest BCUT2D eigenvalue weighted by molar-refractivity contribution is -0.129. The van der Waals surface area contributed by atoms with E-state index in [0.29, 0.717) is 0 Å². The zero-order chi connectivity index (χ0) is 19.3. The zero-order valence-corrected chi connectivity index (χ0v) is 15.4. The molecular weight excluding hydrogens is 380 g/mol. The summed E-state index contributed by atoms with van der Waals surface area (Å²) in [5.41, 5.74) is 0.816. The maximum Gasteiger partial charge on any atom is 0.338 e. The Kier molecular flexibility index (Phi) is 6.36. The number of carbonyl (C=O) groups excluding carboxylic acids is 2. The Hall–Kier alpha value is -2.42. The third-order valence-corrected chi connectivity index (χ3v) is 4.83. The third-order valence-electron chi connectivity index (χ3n) is 3.44. The van der Waals surface area contributed by atoms with Gasteiger partial charge in [0.1, 0.15) is 4.90 Å². The number of hydrogen-bond donors (Lipinski definition) is 2. The highest BCUT2D eigenvalue weighted by molar-refractivity contribution is 7.89. The van der Waals surface area contributed by atoms with Gasteiger partial charge in [0.05, 0.1) is 10.6 Å². The molecule has 2 rings (SSSR count). The van der Waals surface area contributed by atoms with Crippen LogP contribution in [-0.4, -0.2) is 26.4 Å². The second-order valence-electron chi connectivity index (χ2n) is 5.44. The smallest absolute Gasteiger partial charge is 0.338 e. The Morgan fingerprint density at radius 3 is 2.46 bits per heavy atom. The molecule has 1 atom stereocenters. The van der Waals surface area contributed by atoms with Gasteiger partial charge in [-0.05, 0) is 30.7 Å². The van der Waals surface area contributed by atoms with Crippen LogP contribution in [0.1, 0.15) is 22.8 Å². The predicted octanol–water partition coefficient (Wildman–Crippen LogP) is 1.85. The SMILES string of the molecule is C[C@H](OC(=O)c1ccc(Cl)c(S(N)(=O)=O)c1)C(=O)NCc1ccccc1. The number of halogens is 1. The van der Waals surface area contributed by atoms with Crippen LogP contribution < -0.4 is 10.5 Å². The molecule has 0 radical (unpaired) electrons. The highest BCUT2D eigenvalue weighted by Crippen LogP contribution is 2.22. The molecule has 0 aliphatic carbocycles. The van der Waals surface area contributed by atoms with Crippen molar-refractivity contribution in [3.63, 3.8) is 0 Å². The fourth-order valence-electron chi connectivity index (χ4n) is 2.06. The van der Waals surface area contributed by atoms with Crippen molar-refractivity contribution in [2.75, 3.05) is 0 Å². The van der Waals surface area contributed by atoms with Crippen LogP contribution in [0.2, 0.25) is 5.02 Å². The molecule has 0 aliphatic heterocycles. The van der Waals surface area contributed by atoms with Crippen molar-refractivity contribution >= 4 is 33.5 Å². The molecule has 26 heavy (non-hydrogen) atoms.